The summed E-state index contributed by atoms with van der Waals surface area (Å²) in [5, 5.41) is 13.1. The molecule has 4 aromatic rings. The van der Waals surface area contributed by atoms with Crippen molar-refractivity contribution < 1.29 is 24.2 Å². The zero-order chi connectivity index (χ0) is 29.2. The Morgan fingerprint density at radius 2 is 1.83 bits per heavy atom. The third-order valence-corrected chi connectivity index (χ3v) is 7.68. The number of aryl methyl sites for hydroxylation is 1. The summed E-state index contributed by atoms with van der Waals surface area (Å²) >= 11 is 0. The van der Waals surface area contributed by atoms with E-state index in [1.165, 1.54) is 18.2 Å². The number of nitrogens with zero attached hydrogens (tertiary/aromatic N) is 2. The Kier molecular flexibility index (Phi) is 7.39. The van der Waals surface area contributed by atoms with Crippen molar-refractivity contribution >= 4 is 11.8 Å². The predicted molar refractivity (Wildman–Crippen MR) is 156 cm³/mol. The van der Waals surface area contributed by atoms with Crippen molar-refractivity contribution in [3.63, 3.8) is 0 Å². The number of hydrogen-bond acceptors (Lipinski definition) is 6. The molecule has 9 nitrogen and oxygen atoms in total. The van der Waals surface area contributed by atoms with Crippen molar-refractivity contribution in [2.24, 2.45) is 0 Å². The molecule has 0 aliphatic carbocycles. The van der Waals surface area contributed by atoms with Crippen LogP contribution >= 0.6 is 0 Å². The number of aromatic hydroxyl groups is 1. The van der Waals surface area contributed by atoms with Crippen molar-refractivity contribution in [1.29, 1.82) is 0 Å². The summed E-state index contributed by atoms with van der Waals surface area (Å²) in [4.78, 5) is 41.0. The van der Waals surface area contributed by atoms with Gasteiger partial charge in [-0.15, -0.1) is 0 Å². The van der Waals surface area contributed by atoms with Gasteiger partial charge in [0.05, 0.1) is 18.2 Å². The molecule has 0 radical (unpaired) electrons. The Morgan fingerprint density at radius 1 is 1.00 bits per heavy atom. The molecule has 4 heterocycles. The van der Waals surface area contributed by atoms with Gasteiger partial charge in [-0.25, -0.2) is 0 Å². The van der Waals surface area contributed by atoms with Crippen LogP contribution in [0.2, 0.25) is 0 Å². The monoisotopic (exact) mass is 565 g/mol. The number of phenolic OH excluding ortho intramolecular Hbond substituents is 1. The van der Waals surface area contributed by atoms with E-state index in [0.717, 1.165) is 16.7 Å². The molecule has 214 valence electrons. The number of amides is 2. The van der Waals surface area contributed by atoms with Gasteiger partial charge in [0.1, 0.15) is 23.0 Å². The first-order valence-electron chi connectivity index (χ1n) is 14.1. The fourth-order valence-electron chi connectivity index (χ4n) is 5.54. The second-order valence-electron chi connectivity index (χ2n) is 10.4. The molecule has 0 saturated heterocycles. The van der Waals surface area contributed by atoms with Gasteiger partial charge in [-0.1, -0.05) is 18.2 Å². The minimum absolute atomic E-state index is 0.126. The summed E-state index contributed by atoms with van der Waals surface area (Å²) in [7, 11) is 0. The van der Waals surface area contributed by atoms with Gasteiger partial charge in [-0.05, 0) is 85.0 Å². The smallest absolute Gasteiger partial charge is 0.255 e. The lowest BCUT2D eigenvalue weighted by Crippen LogP contribution is -2.41. The first kappa shape index (κ1) is 27.1. The average molecular weight is 566 g/mol. The first-order chi connectivity index (χ1) is 20.4. The van der Waals surface area contributed by atoms with E-state index in [1.54, 1.807) is 22.9 Å². The second-order valence-corrected chi connectivity index (χ2v) is 10.4. The summed E-state index contributed by atoms with van der Waals surface area (Å²) in [6.45, 7) is 3.57. The molecule has 2 amide bonds. The van der Waals surface area contributed by atoms with E-state index in [9.17, 15) is 19.5 Å². The van der Waals surface area contributed by atoms with E-state index >= 15 is 0 Å². The fourth-order valence-corrected chi connectivity index (χ4v) is 5.54. The second kappa shape index (κ2) is 11.4. The first-order valence-corrected chi connectivity index (χ1v) is 14.1. The van der Waals surface area contributed by atoms with Crippen LogP contribution in [0.15, 0.2) is 83.8 Å². The van der Waals surface area contributed by atoms with Crippen molar-refractivity contribution in [3.8, 4) is 23.0 Å². The number of rotatable bonds is 2. The van der Waals surface area contributed by atoms with Crippen LogP contribution in [0, 0.1) is 0 Å². The number of carbonyl (C=O) groups excluding carboxylic acids is 2. The topological polar surface area (TPSA) is 110 Å². The molecule has 3 aromatic carbocycles. The Morgan fingerprint density at radius 3 is 2.67 bits per heavy atom. The largest absolute Gasteiger partial charge is 0.507 e. The Bertz CT molecular complexity index is 1730. The molecule has 8 bridgehead atoms. The summed E-state index contributed by atoms with van der Waals surface area (Å²) in [6, 6.07) is 20.7. The molecule has 1 atom stereocenters. The number of fused-ring (bicyclic) bond motifs is 6. The zero-order valence-electron chi connectivity index (χ0n) is 23.2. The van der Waals surface area contributed by atoms with Gasteiger partial charge in [0, 0.05) is 37.5 Å². The quantitative estimate of drug-likeness (QED) is 0.366. The molecular formula is C33H31N3O6. The van der Waals surface area contributed by atoms with E-state index in [2.05, 4.69) is 5.32 Å². The normalized spacial score (nSPS) is 16.5. The number of ether oxygens (including phenoxy) is 2. The number of nitrogens with one attached hydrogen (secondary N) is 1. The lowest BCUT2D eigenvalue weighted by atomic mass is 9.87. The number of aromatic nitrogens is 1. The van der Waals surface area contributed by atoms with Crippen LogP contribution in [0.3, 0.4) is 0 Å². The van der Waals surface area contributed by atoms with Gasteiger partial charge in [-0.2, -0.15) is 0 Å². The summed E-state index contributed by atoms with van der Waals surface area (Å²) < 4.78 is 13.7. The molecule has 2 N–H and O–H groups in total. The van der Waals surface area contributed by atoms with E-state index in [-0.39, 0.29) is 22.8 Å². The molecule has 42 heavy (non-hydrogen) atoms. The number of phenols is 1. The SMILES string of the molecule is CCn1ccc(C(=O)N2CCc3cc4ccc3[C@@H]2c2cccc(c2)OCCCNC(=O)c2cc(ccc2O)O4)cc1=O. The molecule has 0 saturated carbocycles. The van der Waals surface area contributed by atoms with E-state index in [0.29, 0.717) is 61.9 Å². The molecule has 3 aliphatic heterocycles. The van der Waals surface area contributed by atoms with E-state index < -0.39 is 11.9 Å². The highest BCUT2D eigenvalue weighted by atomic mass is 16.5. The van der Waals surface area contributed by atoms with Gasteiger partial charge >= 0.3 is 0 Å². The standard InChI is InChI=1S/C33H31N3O6/c1-2-35-14-11-23(19-30(35)38)33(40)36-15-12-21-17-25-7-9-27(21)31(36)22-5-3-6-24(18-22)41-16-4-13-34-32(39)28-20-26(42-25)8-10-29(28)37/h3,5-11,14,17-20,31,37H,2,4,12-13,15-16H2,1H3,(H,34,39)/t31-/m0/s1. The lowest BCUT2D eigenvalue weighted by Gasteiger charge is -2.38. The summed E-state index contributed by atoms with van der Waals surface area (Å²) in [5.41, 5.74) is 3.12. The minimum Gasteiger partial charge on any atom is -0.507 e. The Balaban J connectivity index is 1.43. The van der Waals surface area contributed by atoms with Gasteiger partial charge < -0.3 is 29.4 Å². The number of benzene rings is 3. The van der Waals surface area contributed by atoms with Crippen LogP contribution in [-0.4, -0.2) is 46.1 Å². The number of hydrogen-bond donors (Lipinski definition) is 2. The van der Waals surface area contributed by atoms with Crippen LogP contribution in [0.25, 0.3) is 0 Å². The maximum atomic E-state index is 13.9. The van der Waals surface area contributed by atoms with Crippen molar-refractivity contribution in [2.45, 2.75) is 32.4 Å². The van der Waals surface area contributed by atoms with Crippen LogP contribution in [0.4, 0.5) is 0 Å². The number of pyridine rings is 1. The predicted octanol–water partition coefficient (Wildman–Crippen LogP) is 4.67. The van der Waals surface area contributed by atoms with E-state index in [1.807, 2.05) is 54.3 Å². The average Bonchev–Trinajstić information content (AvgIpc) is 3.00. The molecule has 0 spiro atoms. The minimum atomic E-state index is -0.411. The highest BCUT2D eigenvalue weighted by Crippen LogP contribution is 2.39. The van der Waals surface area contributed by atoms with Crippen LogP contribution in [0.5, 0.6) is 23.0 Å². The van der Waals surface area contributed by atoms with Crippen molar-refractivity contribution in [2.75, 3.05) is 19.7 Å². The third-order valence-electron chi connectivity index (χ3n) is 7.68. The number of carbonyl (C=O) groups is 2. The highest BCUT2D eigenvalue weighted by molar-refractivity contribution is 5.97. The van der Waals surface area contributed by atoms with Gasteiger partial charge in [0.25, 0.3) is 17.4 Å². The van der Waals surface area contributed by atoms with Crippen LogP contribution in [-0.2, 0) is 13.0 Å². The molecule has 3 aliphatic rings. The van der Waals surface area contributed by atoms with Crippen LogP contribution < -0.4 is 20.3 Å². The summed E-state index contributed by atoms with van der Waals surface area (Å²) in [5.74, 6) is 0.896. The Hall–Kier alpha value is -5.05. The van der Waals surface area contributed by atoms with Gasteiger partial charge in [0.15, 0.2) is 0 Å². The molecule has 7 rings (SSSR count). The van der Waals surface area contributed by atoms with Crippen molar-refractivity contribution in [3.05, 3.63) is 117 Å². The highest BCUT2D eigenvalue weighted by Gasteiger charge is 2.33. The maximum Gasteiger partial charge on any atom is 0.255 e. The molecular weight excluding hydrogens is 534 g/mol. The maximum absolute atomic E-state index is 13.9. The molecule has 0 fully saturated rings. The zero-order valence-corrected chi connectivity index (χ0v) is 23.2. The molecule has 1 aromatic heterocycles. The molecule has 0 unspecified atom stereocenters. The Labute approximate surface area is 242 Å². The van der Waals surface area contributed by atoms with Gasteiger partial charge in [0.2, 0.25) is 0 Å². The van der Waals surface area contributed by atoms with Crippen molar-refractivity contribution in [1.82, 2.24) is 14.8 Å². The fraction of sp³-hybridized carbons (Fsp3) is 0.242. The molecule has 9 heteroatoms. The summed E-state index contributed by atoms with van der Waals surface area (Å²) in [6.07, 6.45) is 2.79. The third kappa shape index (κ3) is 5.33. The van der Waals surface area contributed by atoms with E-state index in [4.69, 9.17) is 9.47 Å². The van der Waals surface area contributed by atoms with Gasteiger partial charge in [-0.3, -0.25) is 14.4 Å². The van der Waals surface area contributed by atoms with Crippen LogP contribution in [0.1, 0.15) is 56.8 Å². The lowest BCUT2D eigenvalue weighted by molar-refractivity contribution is 0.0693.